The van der Waals surface area contributed by atoms with Crippen molar-refractivity contribution in [3.05, 3.63) is 112 Å². The predicted octanol–water partition coefficient (Wildman–Crippen LogP) is 4.89. The van der Waals surface area contributed by atoms with Crippen LogP contribution >= 0.6 is 0 Å². The number of carbonyl (C=O) groups excluding carboxylic acids is 1. The van der Waals surface area contributed by atoms with Gasteiger partial charge in [-0.2, -0.15) is 0 Å². The smallest absolute Gasteiger partial charge is 0.267 e. The lowest BCUT2D eigenvalue weighted by Gasteiger charge is -2.14. The molecule has 0 fully saturated rings. The summed E-state index contributed by atoms with van der Waals surface area (Å²) in [7, 11) is 0. The molecule has 1 amide bonds. The van der Waals surface area contributed by atoms with Crippen LogP contribution in [0.15, 0.2) is 90.1 Å². The lowest BCUT2D eigenvalue weighted by Crippen LogP contribution is -2.28. The van der Waals surface area contributed by atoms with Crippen LogP contribution < -0.4 is 15.6 Å². The molecule has 6 nitrogen and oxygen atoms in total. The zero-order valence-corrected chi connectivity index (χ0v) is 17.2. The number of aromatic nitrogens is 2. The molecule has 31 heavy (non-hydrogen) atoms. The summed E-state index contributed by atoms with van der Waals surface area (Å²) in [5.41, 5.74) is 2.69. The number of amides is 1. The molecule has 2 aromatic heterocycles. The molecular formula is C25H21N3O3. The van der Waals surface area contributed by atoms with E-state index in [1.807, 2.05) is 56.3 Å². The average Bonchev–Trinajstić information content (AvgIpc) is 2.78. The number of carbonyl (C=O) groups is 1. The van der Waals surface area contributed by atoms with Gasteiger partial charge in [-0.15, -0.1) is 0 Å². The molecule has 0 aliphatic rings. The number of para-hydroxylation sites is 1. The number of ether oxygens (including phenoxy) is 1. The second-order valence-electron chi connectivity index (χ2n) is 7.10. The van der Waals surface area contributed by atoms with Crippen molar-refractivity contribution in [3.63, 3.8) is 0 Å². The van der Waals surface area contributed by atoms with Crippen molar-refractivity contribution in [1.29, 1.82) is 0 Å². The molecule has 0 aliphatic heterocycles. The topological polar surface area (TPSA) is 73.2 Å². The zero-order valence-electron chi connectivity index (χ0n) is 17.2. The van der Waals surface area contributed by atoms with Gasteiger partial charge in [-0.05, 0) is 73.5 Å². The highest BCUT2D eigenvalue weighted by atomic mass is 16.5. The molecule has 0 bridgehead atoms. The molecule has 0 spiro atoms. The first-order chi connectivity index (χ1) is 15.0. The molecule has 0 aliphatic carbocycles. The summed E-state index contributed by atoms with van der Waals surface area (Å²) in [6.45, 7) is 3.78. The van der Waals surface area contributed by atoms with Crippen LogP contribution in [0.1, 0.15) is 21.5 Å². The van der Waals surface area contributed by atoms with E-state index < -0.39 is 5.91 Å². The average molecular weight is 411 g/mol. The maximum absolute atomic E-state index is 12.9. The number of rotatable bonds is 5. The van der Waals surface area contributed by atoms with E-state index in [9.17, 15) is 9.59 Å². The highest BCUT2D eigenvalue weighted by Crippen LogP contribution is 2.30. The summed E-state index contributed by atoms with van der Waals surface area (Å²) in [5.74, 6) is 0.911. The van der Waals surface area contributed by atoms with Crippen molar-refractivity contribution in [2.24, 2.45) is 0 Å². The van der Waals surface area contributed by atoms with E-state index >= 15 is 0 Å². The Morgan fingerprint density at radius 1 is 0.935 bits per heavy atom. The fourth-order valence-electron chi connectivity index (χ4n) is 3.22. The van der Waals surface area contributed by atoms with E-state index in [0.29, 0.717) is 22.9 Å². The monoisotopic (exact) mass is 411 g/mol. The van der Waals surface area contributed by atoms with Gasteiger partial charge < -0.3 is 10.1 Å². The Morgan fingerprint density at radius 3 is 2.42 bits per heavy atom. The van der Waals surface area contributed by atoms with Crippen LogP contribution in [0.5, 0.6) is 11.5 Å². The van der Waals surface area contributed by atoms with Crippen molar-refractivity contribution in [1.82, 2.24) is 9.55 Å². The lowest BCUT2D eigenvalue weighted by molar-refractivity contribution is 0.102. The second kappa shape index (κ2) is 8.67. The van der Waals surface area contributed by atoms with Crippen molar-refractivity contribution in [2.75, 3.05) is 5.32 Å². The Bertz CT molecular complexity index is 1280. The molecule has 154 valence electrons. The Balaban J connectivity index is 1.59. The van der Waals surface area contributed by atoms with Gasteiger partial charge in [0.25, 0.3) is 11.5 Å². The molecule has 0 radical (unpaired) electrons. The zero-order chi connectivity index (χ0) is 21.8. The number of hydrogen-bond donors (Lipinski definition) is 1. The Hall–Kier alpha value is -4.19. The van der Waals surface area contributed by atoms with E-state index in [2.05, 4.69) is 10.3 Å². The van der Waals surface area contributed by atoms with E-state index in [-0.39, 0.29) is 11.1 Å². The first-order valence-electron chi connectivity index (χ1n) is 9.80. The van der Waals surface area contributed by atoms with Gasteiger partial charge in [0.2, 0.25) is 0 Å². The second-order valence-corrected chi connectivity index (χ2v) is 7.10. The molecule has 6 heteroatoms. The van der Waals surface area contributed by atoms with Crippen LogP contribution in [0.4, 0.5) is 5.69 Å². The van der Waals surface area contributed by atoms with Crippen molar-refractivity contribution in [2.45, 2.75) is 13.8 Å². The maximum atomic E-state index is 12.9. The normalized spacial score (nSPS) is 10.5. The van der Waals surface area contributed by atoms with Crippen LogP contribution in [0.25, 0.3) is 5.69 Å². The summed E-state index contributed by atoms with van der Waals surface area (Å²) in [6, 6.07) is 19.7. The molecule has 2 heterocycles. The summed E-state index contributed by atoms with van der Waals surface area (Å²) >= 11 is 0. The van der Waals surface area contributed by atoms with E-state index in [1.54, 1.807) is 36.8 Å². The standard InChI is InChI=1S/C25H21N3O3/c1-17-16-23(31-20-10-12-26-13-11-20)18(2)15-22(17)27-24(29)21-9-6-14-28(25(21)30)19-7-4-3-5-8-19/h3-16H,1-2H3,(H,27,29). The number of aryl methyl sites for hydroxylation is 2. The van der Waals surface area contributed by atoms with Gasteiger partial charge in [0.15, 0.2) is 0 Å². The summed E-state index contributed by atoms with van der Waals surface area (Å²) in [6.07, 6.45) is 4.97. The third-order valence-corrected chi connectivity index (χ3v) is 4.87. The van der Waals surface area contributed by atoms with Crippen LogP contribution in [0, 0.1) is 13.8 Å². The first-order valence-corrected chi connectivity index (χ1v) is 9.80. The Labute approximate surface area is 179 Å². The lowest BCUT2D eigenvalue weighted by atomic mass is 10.1. The van der Waals surface area contributed by atoms with Gasteiger partial charge in [-0.3, -0.25) is 19.1 Å². The molecule has 0 saturated heterocycles. The van der Waals surface area contributed by atoms with Gasteiger partial charge in [-0.1, -0.05) is 18.2 Å². The van der Waals surface area contributed by atoms with Gasteiger partial charge in [0.1, 0.15) is 17.1 Å². The predicted molar refractivity (Wildman–Crippen MR) is 120 cm³/mol. The Kier molecular flexibility index (Phi) is 5.62. The quantitative estimate of drug-likeness (QED) is 0.507. The molecule has 0 saturated carbocycles. The minimum Gasteiger partial charge on any atom is -0.457 e. The Morgan fingerprint density at radius 2 is 1.68 bits per heavy atom. The fraction of sp³-hybridized carbons (Fsp3) is 0.0800. The van der Waals surface area contributed by atoms with E-state index in [0.717, 1.165) is 11.1 Å². The first kappa shape index (κ1) is 20.1. The number of benzene rings is 2. The van der Waals surface area contributed by atoms with Gasteiger partial charge in [-0.25, -0.2) is 0 Å². The number of nitrogens with zero attached hydrogens (tertiary/aromatic N) is 2. The number of anilines is 1. The number of hydrogen-bond acceptors (Lipinski definition) is 4. The minimum atomic E-state index is -0.458. The summed E-state index contributed by atoms with van der Waals surface area (Å²) in [5, 5.41) is 2.86. The minimum absolute atomic E-state index is 0.0699. The van der Waals surface area contributed by atoms with Gasteiger partial charge in [0, 0.05) is 30.0 Å². The third-order valence-electron chi connectivity index (χ3n) is 4.87. The molecule has 2 aromatic carbocycles. The SMILES string of the molecule is Cc1cc(Oc2ccncc2)c(C)cc1NC(=O)c1cccn(-c2ccccc2)c1=O. The van der Waals surface area contributed by atoms with Crippen LogP contribution in [-0.4, -0.2) is 15.5 Å². The van der Waals surface area contributed by atoms with Crippen molar-refractivity contribution < 1.29 is 9.53 Å². The van der Waals surface area contributed by atoms with E-state index in [4.69, 9.17) is 4.74 Å². The summed E-state index contributed by atoms with van der Waals surface area (Å²) < 4.78 is 7.37. The molecule has 0 unspecified atom stereocenters. The molecule has 4 aromatic rings. The van der Waals surface area contributed by atoms with Crippen molar-refractivity contribution >= 4 is 11.6 Å². The summed E-state index contributed by atoms with van der Waals surface area (Å²) in [4.78, 5) is 29.8. The van der Waals surface area contributed by atoms with E-state index in [1.165, 1.54) is 10.6 Å². The maximum Gasteiger partial charge on any atom is 0.267 e. The number of pyridine rings is 2. The third kappa shape index (κ3) is 4.38. The molecule has 4 rings (SSSR count). The highest BCUT2D eigenvalue weighted by Gasteiger charge is 2.15. The van der Waals surface area contributed by atoms with Gasteiger partial charge >= 0.3 is 0 Å². The largest absolute Gasteiger partial charge is 0.457 e. The number of nitrogens with one attached hydrogen (secondary N) is 1. The van der Waals surface area contributed by atoms with Crippen molar-refractivity contribution in [3.8, 4) is 17.2 Å². The van der Waals surface area contributed by atoms with Crippen LogP contribution in [0.3, 0.4) is 0 Å². The highest BCUT2D eigenvalue weighted by molar-refractivity contribution is 6.04. The molecule has 1 N–H and O–H groups in total. The molecule has 0 atom stereocenters. The van der Waals surface area contributed by atoms with Gasteiger partial charge in [0.05, 0.1) is 0 Å². The van der Waals surface area contributed by atoms with Crippen LogP contribution in [0.2, 0.25) is 0 Å². The fourth-order valence-corrected chi connectivity index (χ4v) is 3.22. The molecular weight excluding hydrogens is 390 g/mol. The van der Waals surface area contributed by atoms with Crippen LogP contribution in [-0.2, 0) is 0 Å².